The normalized spacial score (nSPS) is 11.5. The van der Waals surface area contributed by atoms with Crippen molar-refractivity contribution in [1.29, 1.82) is 0 Å². The van der Waals surface area contributed by atoms with E-state index in [0.717, 1.165) is 22.8 Å². The van der Waals surface area contributed by atoms with E-state index in [2.05, 4.69) is 9.97 Å². The maximum Gasteiger partial charge on any atom is 0.342 e. The van der Waals surface area contributed by atoms with Gasteiger partial charge in [0.25, 0.3) is 0 Å². The van der Waals surface area contributed by atoms with E-state index in [1.165, 1.54) is 7.11 Å². The molecule has 0 aliphatic carbocycles. The van der Waals surface area contributed by atoms with Crippen LogP contribution in [0.1, 0.15) is 5.56 Å². The Hall–Kier alpha value is -2.93. The molecule has 0 saturated carbocycles. The highest BCUT2D eigenvalue weighted by atomic mass is 32.2. The summed E-state index contributed by atoms with van der Waals surface area (Å²) < 4.78 is 10.5. The molecule has 0 spiro atoms. The molecule has 0 amide bonds. The molecular weight excluding hydrogens is 340 g/mol. The van der Waals surface area contributed by atoms with Crippen molar-refractivity contribution in [2.75, 3.05) is 14.2 Å². The highest BCUT2D eigenvalue weighted by Crippen LogP contribution is 2.32. The molecule has 2 aromatic carbocycles. The minimum absolute atomic E-state index is 0.116. The molecule has 1 heterocycles. The molecule has 3 aromatic rings. The first-order valence-corrected chi connectivity index (χ1v) is 8.22. The zero-order chi connectivity index (χ0) is 17.8. The maximum absolute atomic E-state index is 11.7. The lowest BCUT2D eigenvalue weighted by Gasteiger charge is -2.08. The highest BCUT2D eigenvalue weighted by molar-refractivity contribution is 8.04. The average Bonchev–Trinajstić information content (AvgIpc) is 3.03. The zero-order valence-electron chi connectivity index (χ0n) is 13.6. The molecule has 0 saturated heterocycles. The number of carboxylic acids is 1. The number of methoxy groups -OCH3 is 2. The molecule has 0 atom stereocenters. The summed E-state index contributed by atoms with van der Waals surface area (Å²) >= 11 is 1.05. The van der Waals surface area contributed by atoms with Crippen LogP contribution < -0.4 is 9.47 Å². The van der Waals surface area contributed by atoms with Crippen LogP contribution in [0, 0.1) is 0 Å². The Morgan fingerprint density at radius 2 is 2.00 bits per heavy atom. The summed E-state index contributed by atoms with van der Waals surface area (Å²) in [5.74, 6) is 0.130. The number of imidazole rings is 1. The number of aromatic nitrogens is 2. The maximum atomic E-state index is 11.7. The van der Waals surface area contributed by atoms with Crippen LogP contribution in [-0.2, 0) is 4.79 Å². The first-order valence-electron chi connectivity index (χ1n) is 7.40. The molecule has 3 rings (SSSR count). The Labute approximate surface area is 148 Å². The molecule has 128 valence electrons. The van der Waals surface area contributed by atoms with E-state index in [1.54, 1.807) is 31.4 Å². The number of carboxylic acid groups (broad SMARTS) is 1. The second-order valence-electron chi connectivity index (χ2n) is 5.08. The molecular formula is C18H16N2O4S. The third-order valence-corrected chi connectivity index (χ3v) is 4.41. The van der Waals surface area contributed by atoms with Crippen LogP contribution in [0.25, 0.3) is 17.1 Å². The van der Waals surface area contributed by atoms with Gasteiger partial charge in [-0.25, -0.2) is 9.78 Å². The van der Waals surface area contributed by atoms with E-state index in [4.69, 9.17) is 9.47 Å². The number of thioether (sulfide) groups is 1. The molecule has 0 fully saturated rings. The monoisotopic (exact) mass is 356 g/mol. The summed E-state index contributed by atoms with van der Waals surface area (Å²) in [5.41, 5.74) is 2.25. The number of aromatic amines is 1. The Morgan fingerprint density at radius 1 is 1.20 bits per heavy atom. The Bertz CT molecular complexity index is 916. The van der Waals surface area contributed by atoms with Crippen molar-refractivity contribution in [3.05, 3.63) is 52.9 Å². The number of carbonyl (C=O) groups is 1. The number of hydrogen-bond acceptors (Lipinski definition) is 5. The predicted octanol–water partition coefficient (Wildman–Crippen LogP) is 3.80. The van der Waals surface area contributed by atoms with Crippen molar-refractivity contribution in [1.82, 2.24) is 9.97 Å². The van der Waals surface area contributed by atoms with Gasteiger partial charge < -0.3 is 19.6 Å². The lowest BCUT2D eigenvalue weighted by molar-refractivity contribution is -0.131. The van der Waals surface area contributed by atoms with Gasteiger partial charge in [-0.05, 0) is 48.2 Å². The summed E-state index contributed by atoms with van der Waals surface area (Å²) in [5, 5.41) is 10.1. The molecule has 0 unspecified atom stereocenters. The van der Waals surface area contributed by atoms with E-state index < -0.39 is 5.97 Å². The van der Waals surface area contributed by atoms with Gasteiger partial charge in [0.15, 0.2) is 5.16 Å². The minimum atomic E-state index is -1.05. The number of aliphatic carboxylic acids is 1. The average molecular weight is 356 g/mol. The van der Waals surface area contributed by atoms with Crippen LogP contribution in [0.4, 0.5) is 0 Å². The second kappa shape index (κ2) is 7.31. The molecule has 2 N–H and O–H groups in total. The number of ether oxygens (including phenoxy) is 2. The zero-order valence-corrected chi connectivity index (χ0v) is 14.5. The summed E-state index contributed by atoms with van der Waals surface area (Å²) in [7, 11) is 3.09. The molecule has 25 heavy (non-hydrogen) atoms. The van der Waals surface area contributed by atoms with Crippen LogP contribution in [-0.4, -0.2) is 35.3 Å². The van der Waals surface area contributed by atoms with E-state index in [-0.39, 0.29) is 4.91 Å². The van der Waals surface area contributed by atoms with Gasteiger partial charge in [0.2, 0.25) is 0 Å². The molecule has 7 heteroatoms. The third-order valence-electron chi connectivity index (χ3n) is 3.51. The van der Waals surface area contributed by atoms with Gasteiger partial charge in [-0.1, -0.05) is 12.1 Å². The van der Waals surface area contributed by atoms with Gasteiger partial charge >= 0.3 is 5.97 Å². The number of fused-ring (bicyclic) bond motifs is 1. The van der Waals surface area contributed by atoms with Crippen LogP contribution >= 0.6 is 11.8 Å². The first kappa shape index (κ1) is 16.9. The number of para-hydroxylation sites is 2. The number of benzene rings is 2. The predicted molar refractivity (Wildman–Crippen MR) is 97.1 cm³/mol. The van der Waals surface area contributed by atoms with E-state index >= 15 is 0 Å². The van der Waals surface area contributed by atoms with Gasteiger partial charge in [-0.2, -0.15) is 0 Å². The molecule has 6 nitrogen and oxygen atoms in total. The van der Waals surface area contributed by atoms with Crippen molar-refractivity contribution in [3.8, 4) is 11.5 Å². The summed E-state index contributed by atoms with van der Waals surface area (Å²) in [6.07, 6.45) is 1.54. The molecule has 0 bridgehead atoms. The number of nitrogens with zero attached hydrogens (tertiary/aromatic N) is 1. The highest BCUT2D eigenvalue weighted by Gasteiger charge is 2.14. The fourth-order valence-electron chi connectivity index (χ4n) is 2.31. The number of rotatable bonds is 6. The van der Waals surface area contributed by atoms with Gasteiger partial charge in [0.05, 0.1) is 25.3 Å². The number of hydrogen-bond donors (Lipinski definition) is 2. The summed E-state index contributed by atoms with van der Waals surface area (Å²) in [6.45, 7) is 0. The lowest BCUT2D eigenvalue weighted by atomic mass is 10.1. The molecule has 1 aromatic heterocycles. The Kier molecular flexibility index (Phi) is 4.95. The molecule has 0 aliphatic heterocycles. The van der Waals surface area contributed by atoms with Crippen LogP contribution in [0.15, 0.2) is 52.5 Å². The number of nitrogens with one attached hydrogen (secondary N) is 1. The Morgan fingerprint density at radius 3 is 2.68 bits per heavy atom. The van der Waals surface area contributed by atoms with Crippen LogP contribution in [0.3, 0.4) is 0 Å². The lowest BCUT2D eigenvalue weighted by Crippen LogP contribution is -1.98. The van der Waals surface area contributed by atoms with E-state index in [0.29, 0.717) is 22.2 Å². The minimum Gasteiger partial charge on any atom is -0.497 e. The largest absolute Gasteiger partial charge is 0.497 e. The molecule has 0 radical (unpaired) electrons. The van der Waals surface area contributed by atoms with Crippen molar-refractivity contribution in [3.63, 3.8) is 0 Å². The van der Waals surface area contributed by atoms with Gasteiger partial charge in [-0.3, -0.25) is 0 Å². The first-order chi connectivity index (χ1) is 12.1. The smallest absolute Gasteiger partial charge is 0.342 e. The van der Waals surface area contributed by atoms with E-state index in [1.807, 2.05) is 24.3 Å². The number of H-pyrrole nitrogens is 1. The quantitative estimate of drug-likeness (QED) is 0.516. The van der Waals surface area contributed by atoms with Crippen LogP contribution in [0.5, 0.6) is 11.5 Å². The van der Waals surface area contributed by atoms with Gasteiger partial charge in [0, 0.05) is 5.56 Å². The van der Waals surface area contributed by atoms with Crippen LogP contribution in [0.2, 0.25) is 0 Å². The van der Waals surface area contributed by atoms with Crippen molar-refractivity contribution >= 4 is 34.8 Å². The summed E-state index contributed by atoms with van der Waals surface area (Å²) in [6, 6.07) is 12.7. The molecule has 0 aliphatic rings. The van der Waals surface area contributed by atoms with Gasteiger partial charge in [0.1, 0.15) is 16.4 Å². The van der Waals surface area contributed by atoms with Gasteiger partial charge in [-0.15, -0.1) is 0 Å². The topological polar surface area (TPSA) is 84.4 Å². The van der Waals surface area contributed by atoms with Crippen molar-refractivity contribution in [2.45, 2.75) is 5.16 Å². The van der Waals surface area contributed by atoms with Crippen molar-refractivity contribution < 1.29 is 19.4 Å². The van der Waals surface area contributed by atoms with Crippen molar-refractivity contribution in [2.24, 2.45) is 0 Å². The SMILES string of the molecule is COc1ccc(OC)c(/C=C(\Sc2nc3ccccc3[nH]2)C(=O)O)c1. The van der Waals surface area contributed by atoms with E-state index in [9.17, 15) is 9.90 Å². The standard InChI is InChI=1S/C18H16N2O4S/c1-23-12-7-8-15(24-2)11(9-12)10-16(17(21)22)25-18-19-13-5-3-4-6-14(13)20-18/h3-10H,1-2H3,(H,19,20)(H,21,22)/b16-10-. The fraction of sp³-hybridized carbons (Fsp3) is 0.111. The fourth-order valence-corrected chi connectivity index (χ4v) is 3.10. The Balaban J connectivity index is 1.98. The second-order valence-corrected chi connectivity index (χ2v) is 6.11. The third kappa shape index (κ3) is 3.77. The summed E-state index contributed by atoms with van der Waals surface area (Å²) in [4.78, 5) is 19.3.